The number of hydrogen-bond donors (Lipinski definition) is 1. The molecule has 0 saturated heterocycles. The summed E-state index contributed by atoms with van der Waals surface area (Å²) in [5, 5.41) is 2.68. The van der Waals surface area contributed by atoms with Crippen molar-refractivity contribution in [2.75, 3.05) is 11.9 Å². The van der Waals surface area contributed by atoms with Gasteiger partial charge in [-0.3, -0.25) is 9.59 Å². The van der Waals surface area contributed by atoms with E-state index in [1.54, 1.807) is 6.07 Å². The molecule has 2 aromatic rings. The van der Waals surface area contributed by atoms with Crippen LogP contribution in [-0.2, 0) is 20.7 Å². The number of hydrogen-bond acceptors (Lipinski definition) is 3. The van der Waals surface area contributed by atoms with E-state index in [-0.39, 0.29) is 18.8 Å². The number of rotatable bonds is 5. The number of nitrogens with one attached hydrogen (secondary N) is 1. The van der Waals surface area contributed by atoms with Gasteiger partial charge >= 0.3 is 5.97 Å². The van der Waals surface area contributed by atoms with Crippen LogP contribution in [0.4, 0.5) is 10.1 Å². The van der Waals surface area contributed by atoms with Crippen LogP contribution < -0.4 is 5.32 Å². The molecule has 0 aliphatic rings. The van der Waals surface area contributed by atoms with Crippen LogP contribution in [0.15, 0.2) is 46.9 Å². The third-order valence-electron chi connectivity index (χ3n) is 3.09. The highest BCUT2D eigenvalue weighted by Gasteiger charge is 2.10. The normalized spacial score (nSPS) is 10.2. The number of benzene rings is 2. The van der Waals surface area contributed by atoms with Gasteiger partial charge in [0.2, 0.25) is 0 Å². The maximum absolute atomic E-state index is 12.8. The van der Waals surface area contributed by atoms with Crippen molar-refractivity contribution in [3.8, 4) is 0 Å². The van der Waals surface area contributed by atoms with Crippen molar-refractivity contribution < 1.29 is 18.7 Å². The lowest BCUT2D eigenvalue weighted by atomic mass is 10.1. The standard InChI is InChI=1S/C17H15BrFNO3/c1-11-8-13(18)4-7-15(11)20-16(21)10-23-17(22)9-12-2-5-14(19)6-3-12/h2-8H,9-10H2,1H3,(H,20,21). The molecule has 6 heteroatoms. The Hall–Kier alpha value is -2.21. The molecule has 0 atom stereocenters. The zero-order valence-corrected chi connectivity index (χ0v) is 14.0. The van der Waals surface area contributed by atoms with Crippen LogP contribution in [0, 0.1) is 12.7 Å². The minimum absolute atomic E-state index is 0.00906. The molecule has 23 heavy (non-hydrogen) atoms. The van der Waals surface area contributed by atoms with Gasteiger partial charge in [0, 0.05) is 10.2 Å². The first-order valence-electron chi connectivity index (χ1n) is 6.90. The van der Waals surface area contributed by atoms with Gasteiger partial charge in [0.15, 0.2) is 6.61 Å². The summed E-state index contributed by atoms with van der Waals surface area (Å²) < 4.78 is 18.6. The minimum atomic E-state index is -0.542. The van der Waals surface area contributed by atoms with Crippen molar-refractivity contribution in [1.29, 1.82) is 0 Å². The quantitative estimate of drug-likeness (QED) is 0.807. The Kier molecular flexibility index (Phi) is 5.87. The fourth-order valence-electron chi connectivity index (χ4n) is 1.92. The molecule has 0 fully saturated rings. The predicted molar refractivity (Wildman–Crippen MR) is 88.6 cm³/mol. The zero-order valence-electron chi connectivity index (χ0n) is 12.4. The highest BCUT2D eigenvalue weighted by Crippen LogP contribution is 2.19. The van der Waals surface area contributed by atoms with Gasteiger partial charge in [0.05, 0.1) is 6.42 Å². The summed E-state index contributed by atoms with van der Waals surface area (Å²) in [5.41, 5.74) is 2.18. The lowest BCUT2D eigenvalue weighted by molar-refractivity contribution is -0.146. The van der Waals surface area contributed by atoms with Crippen molar-refractivity contribution in [1.82, 2.24) is 0 Å². The van der Waals surface area contributed by atoms with Crippen LogP contribution in [0.2, 0.25) is 0 Å². The maximum Gasteiger partial charge on any atom is 0.310 e. The molecule has 1 amide bonds. The Morgan fingerprint density at radius 3 is 2.52 bits per heavy atom. The average Bonchev–Trinajstić information content (AvgIpc) is 2.50. The number of carbonyl (C=O) groups excluding carboxylic acids is 2. The molecule has 0 aliphatic carbocycles. The molecule has 0 bridgehead atoms. The third kappa shape index (κ3) is 5.49. The molecule has 0 heterocycles. The number of anilines is 1. The van der Waals surface area contributed by atoms with E-state index in [1.165, 1.54) is 24.3 Å². The van der Waals surface area contributed by atoms with E-state index in [1.807, 2.05) is 19.1 Å². The molecule has 2 rings (SSSR count). The monoisotopic (exact) mass is 379 g/mol. The molecular formula is C17H15BrFNO3. The van der Waals surface area contributed by atoms with Crippen LogP contribution in [0.25, 0.3) is 0 Å². The molecule has 0 radical (unpaired) electrons. The first kappa shape index (κ1) is 17.1. The smallest absolute Gasteiger partial charge is 0.310 e. The van der Waals surface area contributed by atoms with Crippen LogP contribution in [0.5, 0.6) is 0 Å². The molecule has 120 valence electrons. The van der Waals surface area contributed by atoms with Gasteiger partial charge in [-0.2, -0.15) is 0 Å². The molecule has 4 nitrogen and oxygen atoms in total. The fraction of sp³-hybridized carbons (Fsp3) is 0.176. The molecule has 0 spiro atoms. The summed E-state index contributed by atoms with van der Waals surface area (Å²) in [6.45, 7) is 1.50. The van der Waals surface area contributed by atoms with Crippen LogP contribution in [0.1, 0.15) is 11.1 Å². The topological polar surface area (TPSA) is 55.4 Å². The van der Waals surface area contributed by atoms with Gasteiger partial charge in [0.25, 0.3) is 5.91 Å². The van der Waals surface area contributed by atoms with Crippen LogP contribution in [-0.4, -0.2) is 18.5 Å². The van der Waals surface area contributed by atoms with Crippen molar-refractivity contribution in [2.45, 2.75) is 13.3 Å². The van der Waals surface area contributed by atoms with Crippen LogP contribution >= 0.6 is 15.9 Å². The summed E-state index contributed by atoms with van der Waals surface area (Å²) in [6.07, 6.45) is -0.00906. The summed E-state index contributed by atoms with van der Waals surface area (Å²) in [6, 6.07) is 11.0. The summed E-state index contributed by atoms with van der Waals surface area (Å²) in [5.74, 6) is -1.33. The molecule has 0 unspecified atom stereocenters. The second kappa shape index (κ2) is 7.87. The lowest BCUT2D eigenvalue weighted by Crippen LogP contribution is -2.22. The van der Waals surface area contributed by atoms with E-state index in [9.17, 15) is 14.0 Å². The number of ether oxygens (including phenoxy) is 1. The highest BCUT2D eigenvalue weighted by molar-refractivity contribution is 9.10. The van der Waals surface area contributed by atoms with Gasteiger partial charge in [-0.25, -0.2) is 4.39 Å². The van der Waals surface area contributed by atoms with Crippen LogP contribution in [0.3, 0.4) is 0 Å². The molecule has 0 saturated carbocycles. The number of halogens is 2. The summed E-state index contributed by atoms with van der Waals surface area (Å²) in [4.78, 5) is 23.5. The van der Waals surface area contributed by atoms with Gasteiger partial charge in [-0.15, -0.1) is 0 Å². The first-order valence-corrected chi connectivity index (χ1v) is 7.69. The van der Waals surface area contributed by atoms with Crippen molar-refractivity contribution in [3.05, 3.63) is 63.9 Å². The van der Waals surface area contributed by atoms with Gasteiger partial charge in [-0.05, 0) is 48.4 Å². The van der Waals surface area contributed by atoms with Gasteiger partial charge in [-0.1, -0.05) is 28.1 Å². The zero-order chi connectivity index (χ0) is 16.8. The number of carbonyl (C=O) groups is 2. The van der Waals surface area contributed by atoms with Gasteiger partial charge < -0.3 is 10.1 Å². The number of esters is 1. The molecular weight excluding hydrogens is 365 g/mol. The van der Waals surface area contributed by atoms with E-state index in [4.69, 9.17) is 4.74 Å². The van der Waals surface area contributed by atoms with Gasteiger partial charge in [0.1, 0.15) is 5.82 Å². The summed E-state index contributed by atoms with van der Waals surface area (Å²) in [7, 11) is 0. The maximum atomic E-state index is 12.8. The van der Waals surface area contributed by atoms with E-state index in [0.29, 0.717) is 11.3 Å². The first-order chi connectivity index (χ1) is 10.9. The lowest BCUT2D eigenvalue weighted by Gasteiger charge is -2.09. The number of amides is 1. The van der Waals surface area contributed by atoms with E-state index in [2.05, 4.69) is 21.2 Å². The predicted octanol–water partition coefficient (Wildman–Crippen LogP) is 3.62. The van der Waals surface area contributed by atoms with E-state index >= 15 is 0 Å². The third-order valence-corrected chi connectivity index (χ3v) is 3.58. The summed E-state index contributed by atoms with van der Waals surface area (Å²) >= 11 is 3.34. The second-order valence-electron chi connectivity index (χ2n) is 4.97. The van der Waals surface area contributed by atoms with E-state index < -0.39 is 11.9 Å². The Morgan fingerprint density at radius 1 is 1.17 bits per heavy atom. The van der Waals surface area contributed by atoms with E-state index in [0.717, 1.165) is 10.0 Å². The molecule has 0 aromatic heterocycles. The largest absolute Gasteiger partial charge is 0.455 e. The van der Waals surface area contributed by atoms with Crippen molar-refractivity contribution in [2.24, 2.45) is 0 Å². The fourth-order valence-corrected chi connectivity index (χ4v) is 2.40. The average molecular weight is 380 g/mol. The second-order valence-corrected chi connectivity index (χ2v) is 5.89. The Balaban J connectivity index is 1.81. The highest BCUT2D eigenvalue weighted by atomic mass is 79.9. The molecule has 0 aliphatic heterocycles. The SMILES string of the molecule is Cc1cc(Br)ccc1NC(=O)COC(=O)Cc1ccc(F)cc1. The van der Waals surface area contributed by atoms with Crippen molar-refractivity contribution >= 4 is 33.5 Å². The number of aryl methyl sites for hydroxylation is 1. The Bertz CT molecular complexity index is 716. The Labute approximate surface area is 141 Å². The minimum Gasteiger partial charge on any atom is -0.455 e. The molecule has 1 N–H and O–H groups in total. The van der Waals surface area contributed by atoms with Crippen molar-refractivity contribution in [3.63, 3.8) is 0 Å². The molecule has 2 aromatic carbocycles. The Morgan fingerprint density at radius 2 is 1.87 bits per heavy atom.